The van der Waals surface area contributed by atoms with Gasteiger partial charge < -0.3 is 10.3 Å². The molecule has 0 aliphatic carbocycles. The fraction of sp³-hybridized carbons (Fsp3) is 0.600. The van der Waals surface area contributed by atoms with Gasteiger partial charge in [0.05, 0.1) is 4.75 Å². The molecule has 1 aromatic heterocycles. The molecule has 0 unspecified atom stereocenters. The minimum absolute atomic E-state index is 0.455. The predicted molar refractivity (Wildman–Crippen MR) is 61.4 cm³/mol. The summed E-state index contributed by atoms with van der Waals surface area (Å²) in [6, 6.07) is 1.96. The topological polar surface area (TPSA) is 62.0 Å². The van der Waals surface area contributed by atoms with Crippen molar-refractivity contribution in [1.29, 1.82) is 0 Å². The average molecular weight is 230 g/mol. The van der Waals surface area contributed by atoms with E-state index < -0.39 is 14.6 Å². The summed E-state index contributed by atoms with van der Waals surface area (Å²) in [6.07, 6.45) is 5.00. The van der Waals surface area contributed by atoms with E-state index in [-0.39, 0.29) is 0 Å². The molecule has 4 nitrogen and oxygen atoms in total. The molecule has 0 atom stereocenters. The first-order valence-electron chi connectivity index (χ1n) is 4.85. The molecule has 5 heteroatoms. The van der Waals surface area contributed by atoms with Crippen LogP contribution in [0.1, 0.15) is 19.4 Å². The van der Waals surface area contributed by atoms with E-state index >= 15 is 0 Å². The molecule has 0 saturated heterocycles. The molecular formula is C10H18N2O2S. The Morgan fingerprint density at radius 2 is 2.13 bits per heavy atom. The van der Waals surface area contributed by atoms with Gasteiger partial charge in [-0.3, -0.25) is 0 Å². The second kappa shape index (κ2) is 4.37. The van der Waals surface area contributed by atoms with Gasteiger partial charge in [0.1, 0.15) is 0 Å². The molecule has 0 bridgehead atoms. The molecule has 1 rings (SSSR count). The highest BCUT2D eigenvalue weighted by Crippen LogP contribution is 2.13. The predicted octanol–water partition coefficient (Wildman–Crippen LogP) is 0.928. The van der Waals surface area contributed by atoms with E-state index in [0.717, 1.165) is 5.56 Å². The molecule has 86 valence electrons. The van der Waals surface area contributed by atoms with E-state index in [2.05, 4.69) is 10.3 Å². The maximum atomic E-state index is 11.4. The molecule has 15 heavy (non-hydrogen) atoms. The van der Waals surface area contributed by atoms with Crippen molar-refractivity contribution in [2.75, 3.05) is 12.8 Å². The van der Waals surface area contributed by atoms with Crippen LogP contribution in [0.4, 0.5) is 0 Å². The molecule has 0 aliphatic rings. The van der Waals surface area contributed by atoms with Gasteiger partial charge in [0, 0.05) is 31.7 Å². The molecule has 0 spiro atoms. The highest BCUT2D eigenvalue weighted by atomic mass is 32.2. The molecule has 0 fully saturated rings. The lowest BCUT2D eigenvalue weighted by Crippen LogP contribution is -2.41. The number of aromatic nitrogens is 1. The van der Waals surface area contributed by atoms with Gasteiger partial charge in [-0.25, -0.2) is 8.42 Å². The fourth-order valence-electron chi connectivity index (χ4n) is 1.11. The Morgan fingerprint density at radius 1 is 1.47 bits per heavy atom. The lowest BCUT2D eigenvalue weighted by Gasteiger charge is -2.22. The van der Waals surface area contributed by atoms with Crippen LogP contribution in [0, 0.1) is 0 Å². The van der Waals surface area contributed by atoms with Gasteiger partial charge in [-0.2, -0.15) is 0 Å². The van der Waals surface area contributed by atoms with Gasteiger partial charge in [0.15, 0.2) is 9.84 Å². The van der Waals surface area contributed by atoms with Gasteiger partial charge in [0.25, 0.3) is 0 Å². The van der Waals surface area contributed by atoms with Crippen molar-refractivity contribution in [2.24, 2.45) is 0 Å². The molecule has 0 aliphatic heterocycles. The Bertz CT molecular complexity index is 393. The molecule has 0 amide bonds. The van der Waals surface area contributed by atoms with Crippen molar-refractivity contribution in [2.45, 2.75) is 25.1 Å². The summed E-state index contributed by atoms with van der Waals surface area (Å²) in [6.45, 7) is 4.60. The van der Waals surface area contributed by atoms with Crippen LogP contribution in [-0.2, 0) is 16.4 Å². The van der Waals surface area contributed by atoms with Crippen LogP contribution in [0.15, 0.2) is 18.5 Å². The molecule has 1 aromatic rings. The average Bonchev–Trinajstić information content (AvgIpc) is 2.54. The maximum absolute atomic E-state index is 11.4. The Kier molecular flexibility index (Phi) is 3.57. The first-order chi connectivity index (χ1) is 6.83. The third kappa shape index (κ3) is 3.35. The lowest BCUT2D eigenvalue weighted by molar-refractivity contribution is 0.521. The molecule has 0 aromatic carbocycles. The summed E-state index contributed by atoms with van der Waals surface area (Å²) in [5.74, 6) is 0. The summed E-state index contributed by atoms with van der Waals surface area (Å²) in [7, 11) is -3.01. The maximum Gasteiger partial charge on any atom is 0.153 e. The molecule has 2 N–H and O–H groups in total. The van der Waals surface area contributed by atoms with Crippen molar-refractivity contribution < 1.29 is 8.42 Å². The lowest BCUT2D eigenvalue weighted by atomic mass is 10.2. The van der Waals surface area contributed by atoms with E-state index in [1.54, 1.807) is 13.8 Å². The summed E-state index contributed by atoms with van der Waals surface area (Å²) in [5.41, 5.74) is 1.12. The Labute approximate surface area is 91.0 Å². The second-order valence-corrected chi connectivity index (χ2v) is 7.00. The van der Waals surface area contributed by atoms with Crippen molar-refractivity contribution in [3.8, 4) is 0 Å². The highest BCUT2D eigenvalue weighted by Gasteiger charge is 2.29. The summed E-state index contributed by atoms with van der Waals surface area (Å²) < 4.78 is 22.1. The van der Waals surface area contributed by atoms with Crippen LogP contribution in [0.2, 0.25) is 0 Å². The van der Waals surface area contributed by atoms with Crippen molar-refractivity contribution in [3.63, 3.8) is 0 Å². The number of sulfone groups is 1. The van der Waals surface area contributed by atoms with Crippen LogP contribution in [0.3, 0.4) is 0 Å². The van der Waals surface area contributed by atoms with Gasteiger partial charge in [-0.15, -0.1) is 0 Å². The minimum atomic E-state index is -3.01. The molecule has 0 radical (unpaired) electrons. The van der Waals surface area contributed by atoms with Crippen molar-refractivity contribution in [1.82, 2.24) is 10.3 Å². The summed E-state index contributed by atoms with van der Waals surface area (Å²) >= 11 is 0. The zero-order valence-electron chi connectivity index (χ0n) is 9.37. The number of H-pyrrole nitrogens is 1. The number of hydrogen-bond donors (Lipinski definition) is 2. The molecule has 1 heterocycles. The summed E-state index contributed by atoms with van der Waals surface area (Å²) in [4.78, 5) is 2.95. The van der Waals surface area contributed by atoms with Crippen molar-refractivity contribution in [3.05, 3.63) is 24.0 Å². The van der Waals surface area contributed by atoms with E-state index in [4.69, 9.17) is 0 Å². The zero-order chi connectivity index (χ0) is 11.5. The number of rotatable bonds is 5. The van der Waals surface area contributed by atoms with Crippen LogP contribution in [0.25, 0.3) is 0 Å². The van der Waals surface area contributed by atoms with Crippen LogP contribution < -0.4 is 5.32 Å². The number of aromatic amines is 1. The zero-order valence-corrected chi connectivity index (χ0v) is 10.2. The summed E-state index contributed by atoms with van der Waals surface area (Å²) in [5, 5.41) is 3.14. The third-order valence-corrected chi connectivity index (χ3v) is 4.70. The largest absolute Gasteiger partial charge is 0.367 e. The monoisotopic (exact) mass is 230 g/mol. The third-order valence-electron chi connectivity index (χ3n) is 2.55. The van der Waals surface area contributed by atoms with Gasteiger partial charge in [-0.05, 0) is 25.5 Å². The molecule has 0 saturated carbocycles. The number of nitrogens with one attached hydrogen (secondary N) is 2. The molecular weight excluding hydrogens is 212 g/mol. The van der Waals surface area contributed by atoms with Crippen LogP contribution in [0.5, 0.6) is 0 Å². The standard InChI is InChI=1S/C10H18N2O2S/c1-10(2,15(3,13)14)8-12-7-9-4-5-11-6-9/h4-6,11-12H,7-8H2,1-3H3. The fourth-order valence-corrected chi connectivity index (χ4v) is 1.47. The highest BCUT2D eigenvalue weighted by molar-refractivity contribution is 7.92. The number of hydrogen-bond acceptors (Lipinski definition) is 3. The Morgan fingerprint density at radius 3 is 2.60 bits per heavy atom. The first-order valence-corrected chi connectivity index (χ1v) is 6.74. The minimum Gasteiger partial charge on any atom is -0.367 e. The second-order valence-electron chi connectivity index (χ2n) is 4.35. The van der Waals surface area contributed by atoms with E-state index in [0.29, 0.717) is 13.1 Å². The smallest absolute Gasteiger partial charge is 0.153 e. The van der Waals surface area contributed by atoms with E-state index in [1.165, 1.54) is 6.26 Å². The Balaban J connectivity index is 2.44. The SMILES string of the molecule is CC(C)(CNCc1cc[nH]c1)S(C)(=O)=O. The Hall–Kier alpha value is -0.810. The normalized spacial score (nSPS) is 13.0. The van der Waals surface area contributed by atoms with Gasteiger partial charge in [0.2, 0.25) is 0 Å². The van der Waals surface area contributed by atoms with Crippen molar-refractivity contribution >= 4 is 9.84 Å². The van der Waals surface area contributed by atoms with Gasteiger partial charge >= 0.3 is 0 Å². The van der Waals surface area contributed by atoms with E-state index in [1.807, 2.05) is 18.5 Å². The van der Waals surface area contributed by atoms with Crippen LogP contribution in [-0.4, -0.2) is 30.9 Å². The van der Waals surface area contributed by atoms with E-state index in [9.17, 15) is 8.42 Å². The van der Waals surface area contributed by atoms with Gasteiger partial charge in [-0.1, -0.05) is 0 Å². The van der Waals surface area contributed by atoms with Crippen LogP contribution >= 0.6 is 0 Å². The quantitative estimate of drug-likeness (QED) is 0.791. The first kappa shape index (κ1) is 12.3.